The van der Waals surface area contributed by atoms with E-state index >= 15 is 4.39 Å². The molecule has 3 saturated heterocycles. The molecule has 3 aromatic carbocycles. The number of para-hydroxylation sites is 1. The van der Waals surface area contributed by atoms with Gasteiger partial charge < -0.3 is 29.7 Å². The third-order valence-electron chi connectivity index (χ3n) is 11.8. The number of carbonyl (C=O) groups is 3. The van der Waals surface area contributed by atoms with Crippen molar-refractivity contribution in [2.75, 3.05) is 75.2 Å². The Morgan fingerprint density at radius 3 is 2.44 bits per heavy atom. The number of hydrogen-bond donors (Lipinski definition) is 3. The number of piperazine rings is 1. The predicted octanol–water partition coefficient (Wildman–Crippen LogP) is 5.56. The molecular weight excluding hydrogens is 796 g/mol. The SMILES string of the molecule is COc1cc(N2CCC(N3CCN(Cc4cc5c(cc4F)C(=O)N(C4CCC(=O)NC4=O)C5)CC3)CC2)ccc1Nc1ncc(Cl)c(Nc2ccccc2P(C)(C)=O)n1. The zero-order valence-electron chi connectivity index (χ0n) is 33.3. The molecule has 5 heterocycles. The lowest BCUT2D eigenvalue weighted by atomic mass is 10.0. The molecule has 3 fully saturated rings. The van der Waals surface area contributed by atoms with Crippen LogP contribution < -0.4 is 30.9 Å². The van der Waals surface area contributed by atoms with E-state index in [1.165, 1.54) is 17.2 Å². The summed E-state index contributed by atoms with van der Waals surface area (Å²) in [5.74, 6) is -0.239. The molecule has 4 aliphatic rings. The minimum atomic E-state index is -2.56. The lowest BCUT2D eigenvalue weighted by molar-refractivity contribution is -0.136. The van der Waals surface area contributed by atoms with Gasteiger partial charge in [0, 0.05) is 93.0 Å². The van der Waals surface area contributed by atoms with Gasteiger partial charge in [-0.05, 0) is 74.6 Å². The number of aromatic nitrogens is 2. The summed E-state index contributed by atoms with van der Waals surface area (Å²) < 4.78 is 34.1. The molecule has 0 aliphatic carbocycles. The van der Waals surface area contributed by atoms with Gasteiger partial charge >= 0.3 is 0 Å². The van der Waals surface area contributed by atoms with E-state index in [2.05, 4.69) is 46.7 Å². The van der Waals surface area contributed by atoms with Crippen molar-refractivity contribution in [1.82, 2.24) is 30.0 Å². The van der Waals surface area contributed by atoms with Crippen molar-refractivity contribution in [3.8, 4) is 5.75 Å². The summed E-state index contributed by atoms with van der Waals surface area (Å²) in [6, 6.07) is 16.3. The molecule has 4 aromatic rings. The van der Waals surface area contributed by atoms with E-state index in [1.54, 1.807) is 26.5 Å². The van der Waals surface area contributed by atoms with Crippen molar-refractivity contribution in [3.63, 3.8) is 0 Å². The molecule has 0 bridgehead atoms. The molecule has 0 saturated carbocycles. The molecular formula is C42H48ClFN9O5P. The first-order chi connectivity index (χ1) is 28.3. The van der Waals surface area contributed by atoms with Gasteiger partial charge in [0.1, 0.15) is 29.8 Å². The average Bonchev–Trinajstić information content (AvgIpc) is 3.53. The van der Waals surface area contributed by atoms with Crippen molar-refractivity contribution < 1.29 is 28.1 Å². The summed E-state index contributed by atoms with van der Waals surface area (Å²) in [5, 5.41) is 9.85. The highest BCUT2D eigenvalue weighted by molar-refractivity contribution is 7.70. The fraction of sp³-hybridized carbons (Fsp3) is 0.405. The Morgan fingerprint density at radius 2 is 1.71 bits per heavy atom. The second-order valence-electron chi connectivity index (χ2n) is 15.9. The van der Waals surface area contributed by atoms with E-state index in [-0.39, 0.29) is 31.2 Å². The van der Waals surface area contributed by atoms with Crippen molar-refractivity contribution in [2.24, 2.45) is 0 Å². The number of rotatable bonds is 11. The molecule has 1 atom stereocenters. The highest BCUT2D eigenvalue weighted by atomic mass is 35.5. The molecule has 1 aromatic heterocycles. The maximum absolute atomic E-state index is 15.4. The van der Waals surface area contributed by atoms with Gasteiger partial charge in [-0.3, -0.25) is 29.5 Å². The third-order valence-corrected chi connectivity index (χ3v) is 13.6. The van der Waals surface area contributed by atoms with Crippen molar-refractivity contribution in [2.45, 2.75) is 50.9 Å². The van der Waals surface area contributed by atoms with Crippen LogP contribution in [0.1, 0.15) is 47.2 Å². The maximum Gasteiger partial charge on any atom is 0.255 e. The van der Waals surface area contributed by atoms with Gasteiger partial charge in [-0.1, -0.05) is 23.7 Å². The van der Waals surface area contributed by atoms with E-state index in [0.29, 0.717) is 68.5 Å². The number of halogens is 2. The zero-order chi connectivity index (χ0) is 41.4. The van der Waals surface area contributed by atoms with Crippen LogP contribution in [0.25, 0.3) is 0 Å². The summed E-state index contributed by atoms with van der Waals surface area (Å²) in [5.41, 5.74) is 3.99. The Morgan fingerprint density at radius 1 is 0.949 bits per heavy atom. The van der Waals surface area contributed by atoms with Gasteiger partial charge in [0.15, 0.2) is 5.82 Å². The smallest absolute Gasteiger partial charge is 0.255 e. The number of imide groups is 1. The molecule has 0 spiro atoms. The van der Waals surface area contributed by atoms with Crippen molar-refractivity contribution >= 4 is 70.6 Å². The molecule has 1 unspecified atom stereocenters. The summed E-state index contributed by atoms with van der Waals surface area (Å²) >= 11 is 6.47. The number of anilines is 5. The first-order valence-electron chi connectivity index (χ1n) is 19.9. The Hall–Kier alpha value is -5.08. The van der Waals surface area contributed by atoms with Crippen LogP contribution in [0.5, 0.6) is 5.75 Å². The number of nitrogens with one attached hydrogen (secondary N) is 3. The number of benzene rings is 3. The minimum Gasteiger partial charge on any atom is -0.494 e. The van der Waals surface area contributed by atoms with Gasteiger partial charge in [0.2, 0.25) is 17.8 Å². The number of carbonyl (C=O) groups excluding carboxylic acids is 3. The minimum absolute atomic E-state index is 0.175. The number of piperidine rings is 2. The van der Waals surface area contributed by atoms with Crippen LogP contribution in [-0.2, 0) is 27.2 Å². The summed E-state index contributed by atoms with van der Waals surface area (Å²) in [6.07, 6.45) is 4.00. The van der Waals surface area contributed by atoms with Crippen molar-refractivity contribution in [1.29, 1.82) is 0 Å². The second-order valence-corrected chi connectivity index (χ2v) is 19.5. The van der Waals surface area contributed by atoms with E-state index < -0.39 is 24.9 Å². The van der Waals surface area contributed by atoms with Crippen molar-refractivity contribution in [3.05, 3.63) is 88.3 Å². The molecule has 17 heteroatoms. The van der Waals surface area contributed by atoms with E-state index in [0.717, 1.165) is 57.8 Å². The summed E-state index contributed by atoms with van der Waals surface area (Å²) in [7, 11) is -0.926. The molecule has 8 rings (SSSR count). The van der Waals surface area contributed by atoms with Gasteiger partial charge in [-0.25, -0.2) is 9.37 Å². The first kappa shape index (κ1) is 40.7. The van der Waals surface area contributed by atoms with Gasteiger partial charge in [-0.15, -0.1) is 0 Å². The normalized spacial score (nSPS) is 19.5. The van der Waals surface area contributed by atoms with Crippen LogP contribution >= 0.6 is 18.7 Å². The molecule has 14 nitrogen and oxygen atoms in total. The van der Waals surface area contributed by atoms with Gasteiger partial charge in [0.05, 0.1) is 24.7 Å². The van der Waals surface area contributed by atoms with E-state index in [9.17, 15) is 18.9 Å². The highest BCUT2D eigenvalue weighted by Gasteiger charge is 2.40. The van der Waals surface area contributed by atoms with Crippen LogP contribution in [0.3, 0.4) is 0 Å². The van der Waals surface area contributed by atoms with E-state index in [1.807, 2.05) is 36.4 Å². The zero-order valence-corrected chi connectivity index (χ0v) is 35.0. The lowest BCUT2D eigenvalue weighted by Crippen LogP contribution is -2.53. The van der Waals surface area contributed by atoms with Gasteiger partial charge in [0.25, 0.3) is 5.91 Å². The Bertz CT molecular complexity index is 2330. The number of methoxy groups -OCH3 is 1. The number of nitrogens with zero attached hydrogens (tertiary/aromatic N) is 6. The molecule has 3 N–H and O–H groups in total. The molecule has 0 radical (unpaired) electrons. The molecule has 3 amide bonds. The predicted molar refractivity (Wildman–Crippen MR) is 227 cm³/mol. The fourth-order valence-corrected chi connectivity index (χ4v) is 9.86. The highest BCUT2D eigenvalue weighted by Crippen LogP contribution is 2.39. The third kappa shape index (κ3) is 8.79. The Labute approximate surface area is 347 Å². The number of fused-ring (bicyclic) bond motifs is 1. The van der Waals surface area contributed by atoms with Crippen LogP contribution in [0.15, 0.2) is 60.8 Å². The van der Waals surface area contributed by atoms with Gasteiger partial charge in [-0.2, -0.15) is 4.98 Å². The largest absolute Gasteiger partial charge is 0.494 e. The standard InChI is InChI=1S/C42H48ClFN9O5P/c1-58-36-21-29(8-9-33(36)47-42-45-23-31(43)39(49-42)46-34-6-4-5-7-37(34)59(2,3)57)51-14-12-28(13-15-51)52-18-16-50(17-19-52)24-27-20-26-25-53(41(56)30(26)22-32(27)44)35-10-11-38(54)48-40(35)55/h4-9,20-23,28,35H,10-19,24-25H2,1-3H3,(H,48,54,55)(H2,45,46,47,49). The average molecular weight is 844 g/mol. The monoisotopic (exact) mass is 843 g/mol. The van der Waals surface area contributed by atoms with Crippen LogP contribution in [0.4, 0.5) is 33.2 Å². The van der Waals surface area contributed by atoms with Crippen LogP contribution in [-0.4, -0.2) is 114 Å². The fourth-order valence-electron chi connectivity index (χ4n) is 8.57. The summed E-state index contributed by atoms with van der Waals surface area (Å²) in [4.78, 5) is 54.8. The number of hydrogen-bond acceptors (Lipinski definition) is 12. The van der Waals surface area contributed by atoms with Crippen LogP contribution in [0.2, 0.25) is 5.02 Å². The molecule has 59 heavy (non-hydrogen) atoms. The second kappa shape index (κ2) is 16.9. The molecule has 4 aliphatic heterocycles. The topological polar surface area (TPSA) is 152 Å². The number of amides is 3. The summed E-state index contributed by atoms with van der Waals surface area (Å²) in [6.45, 7) is 9.32. The Kier molecular flexibility index (Phi) is 11.6. The molecule has 310 valence electrons. The van der Waals surface area contributed by atoms with E-state index in [4.69, 9.17) is 16.3 Å². The quantitative estimate of drug-likeness (QED) is 0.128. The maximum atomic E-state index is 15.4. The number of ether oxygens (including phenoxy) is 1. The Balaban J connectivity index is 0.835. The lowest BCUT2D eigenvalue weighted by Gasteiger charge is -2.43. The van der Waals surface area contributed by atoms with Crippen LogP contribution in [0, 0.1) is 5.82 Å². The first-order valence-corrected chi connectivity index (χ1v) is 22.9.